The maximum Gasteiger partial charge on any atom is 0.251 e. The molecule has 1 rings (SSSR count). The van der Waals surface area contributed by atoms with E-state index in [0.29, 0.717) is 30.8 Å². The predicted octanol–water partition coefficient (Wildman–Crippen LogP) is 1.50. The second kappa shape index (κ2) is 9.31. The Morgan fingerprint density at radius 1 is 1.14 bits per heavy atom. The molecule has 6 heteroatoms. The van der Waals surface area contributed by atoms with Crippen molar-refractivity contribution in [3.8, 4) is 0 Å². The SMILES string of the molecule is CC(=O)CCC(=O)SCc1ccc(C(=O)NCCN)cc1. The van der Waals surface area contributed by atoms with Gasteiger partial charge in [0.2, 0.25) is 0 Å². The monoisotopic (exact) mass is 308 g/mol. The normalized spacial score (nSPS) is 10.2. The third kappa shape index (κ3) is 7.06. The van der Waals surface area contributed by atoms with Crippen molar-refractivity contribution in [2.45, 2.75) is 25.5 Å². The van der Waals surface area contributed by atoms with Crippen LogP contribution in [-0.2, 0) is 15.3 Å². The van der Waals surface area contributed by atoms with Crippen LogP contribution in [0.2, 0.25) is 0 Å². The molecule has 0 saturated heterocycles. The minimum Gasteiger partial charge on any atom is -0.351 e. The van der Waals surface area contributed by atoms with E-state index in [2.05, 4.69) is 5.32 Å². The number of benzene rings is 1. The zero-order valence-electron chi connectivity index (χ0n) is 12.1. The molecule has 0 heterocycles. The van der Waals surface area contributed by atoms with Crippen LogP contribution in [-0.4, -0.2) is 29.9 Å². The first-order valence-electron chi connectivity index (χ1n) is 6.75. The first-order valence-corrected chi connectivity index (χ1v) is 7.73. The van der Waals surface area contributed by atoms with Crippen LogP contribution < -0.4 is 11.1 Å². The molecule has 1 aromatic carbocycles. The van der Waals surface area contributed by atoms with E-state index in [9.17, 15) is 14.4 Å². The molecule has 21 heavy (non-hydrogen) atoms. The van der Waals surface area contributed by atoms with E-state index in [0.717, 1.165) is 5.56 Å². The lowest BCUT2D eigenvalue weighted by Crippen LogP contribution is -2.28. The molecule has 114 valence electrons. The Balaban J connectivity index is 2.42. The molecular formula is C15H20N2O3S. The molecular weight excluding hydrogens is 288 g/mol. The number of carbonyl (C=O) groups is 3. The maximum atomic E-state index is 11.7. The third-order valence-electron chi connectivity index (χ3n) is 2.73. The summed E-state index contributed by atoms with van der Waals surface area (Å²) in [6, 6.07) is 7.09. The Morgan fingerprint density at radius 3 is 2.38 bits per heavy atom. The molecule has 5 nitrogen and oxygen atoms in total. The molecule has 0 saturated carbocycles. The van der Waals surface area contributed by atoms with E-state index in [1.54, 1.807) is 12.1 Å². The van der Waals surface area contributed by atoms with Crippen LogP contribution in [0.1, 0.15) is 35.7 Å². The molecule has 0 radical (unpaired) electrons. The summed E-state index contributed by atoms with van der Waals surface area (Å²) in [6.07, 6.45) is 0.575. The Kier molecular flexibility index (Phi) is 7.71. The van der Waals surface area contributed by atoms with Gasteiger partial charge in [-0.1, -0.05) is 23.9 Å². The van der Waals surface area contributed by atoms with Gasteiger partial charge in [0.15, 0.2) is 5.12 Å². The van der Waals surface area contributed by atoms with Crippen LogP contribution in [0, 0.1) is 0 Å². The largest absolute Gasteiger partial charge is 0.351 e. The number of amides is 1. The van der Waals surface area contributed by atoms with Gasteiger partial charge in [0, 0.05) is 37.2 Å². The molecule has 0 unspecified atom stereocenters. The van der Waals surface area contributed by atoms with Gasteiger partial charge in [0.1, 0.15) is 5.78 Å². The van der Waals surface area contributed by atoms with E-state index < -0.39 is 0 Å². The topological polar surface area (TPSA) is 89.3 Å². The van der Waals surface area contributed by atoms with Gasteiger partial charge in [0.05, 0.1) is 0 Å². The molecule has 0 aliphatic carbocycles. The number of hydrogen-bond donors (Lipinski definition) is 2. The molecule has 0 bridgehead atoms. The fraction of sp³-hybridized carbons (Fsp3) is 0.400. The highest BCUT2D eigenvalue weighted by atomic mass is 32.2. The van der Waals surface area contributed by atoms with Crippen LogP contribution in [0.3, 0.4) is 0 Å². The molecule has 3 N–H and O–H groups in total. The van der Waals surface area contributed by atoms with Gasteiger partial charge < -0.3 is 15.8 Å². The van der Waals surface area contributed by atoms with Crippen LogP contribution in [0.25, 0.3) is 0 Å². The molecule has 0 fully saturated rings. The summed E-state index contributed by atoms with van der Waals surface area (Å²) in [5.41, 5.74) is 6.85. The lowest BCUT2D eigenvalue weighted by atomic mass is 10.1. The highest BCUT2D eigenvalue weighted by Crippen LogP contribution is 2.16. The number of hydrogen-bond acceptors (Lipinski definition) is 5. The summed E-state index contributed by atoms with van der Waals surface area (Å²) in [5.74, 6) is 0.413. The van der Waals surface area contributed by atoms with Crippen LogP contribution in [0.5, 0.6) is 0 Å². The standard InChI is InChI=1S/C15H20N2O3S/c1-11(18)2-7-14(19)21-10-12-3-5-13(6-4-12)15(20)17-9-8-16/h3-6H,2,7-10,16H2,1H3,(H,17,20). The minimum absolute atomic E-state index is 0.00923. The second-order valence-electron chi connectivity index (χ2n) is 4.60. The number of Topliss-reactive ketones (excluding diaryl/α,β-unsaturated/α-hetero) is 1. The van der Waals surface area contributed by atoms with Crippen molar-refractivity contribution in [3.63, 3.8) is 0 Å². The summed E-state index contributed by atoms with van der Waals surface area (Å²) in [5, 5.41) is 2.70. The molecule has 1 aromatic rings. The number of nitrogens with one attached hydrogen (secondary N) is 1. The van der Waals surface area contributed by atoms with Crippen LogP contribution >= 0.6 is 11.8 Å². The Hall–Kier alpha value is -1.66. The summed E-state index contributed by atoms with van der Waals surface area (Å²) in [6.45, 7) is 2.33. The second-order valence-corrected chi connectivity index (χ2v) is 5.64. The number of rotatable bonds is 8. The van der Waals surface area contributed by atoms with Crippen molar-refractivity contribution in [1.82, 2.24) is 5.32 Å². The fourth-order valence-electron chi connectivity index (χ4n) is 1.55. The first-order chi connectivity index (χ1) is 10.0. The van der Waals surface area contributed by atoms with Crippen molar-refractivity contribution < 1.29 is 14.4 Å². The van der Waals surface area contributed by atoms with Crippen molar-refractivity contribution in [1.29, 1.82) is 0 Å². The minimum atomic E-state index is -0.155. The van der Waals surface area contributed by atoms with Gasteiger partial charge in [-0.15, -0.1) is 0 Å². The molecule has 0 aliphatic heterocycles. The maximum absolute atomic E-state index is 11.7. The van der Waals surface area contributed by atoms with Gasteiger partial charge in [-0.25, -0.2) is 0 Å². The van der Waals surface area contributed by atoms with E-state index >= 15 is 0 Å². The summed E-state index contributed by atoms with van der Waals surface area (Å²) >= 11 is 1.19. The average molecular weight is 308 g/mol. The van der Waals surface area contributed by atoms with Gasteiger partial charge in [-0.3, -0.25) is 9.59 Å². The van der Waals surface area contributed by atoms with Crippen molar-refractivity contribution in [2.75, 3.05) is 13.1 Å². The quantitative estimate of drug-likeness (QED) is 0.760. The van der Waals surface area contributed by atoms with E-state index in [1.165, 1.54) is 18.7 Å². The van der Waals surface area contributed by atoms with Gasteiger partial charge in [0.25, 0.3) is 5.91 Å². The first kappa shape index (κ1) is 17.4. The summed E-state index contributed by atoms with van der Waals surface area (Å²) in [7, 11) is 0. The van der Waals surface area contributed by atoms with E-state index in [-0.39, 0.29) is 23.2 Å². The number of ketones is 1. The molecule has 1 amide bonds. The van der Waals surface area contributed by atoms with Crippen molar-refractivity contribution >= 4 is 28.6 Å². The van der Waals surface area contributed by atoms with E-state index in [4.69, 9.17) is 5.73 Å². The predicted molar refractivity (Wildman–Crippen MR) is 84.0 cm³/mol. The highest BCUT2D eigenvalue weighted by Gasteiger charge is 2.07. The fourth-order valence-corrected chi connectivity index (χ4v) is 2.32. The smallest absolute Gasteiger partial charge is 0.251 e. The zero-order valence-corrected chi connectivity index (χ0v) is 12.9. The van der Waals surface area contributed by atoms with E-state index in [1.807, 2.05) is 12.1 Å². The lowest BCUT2D eigenvalue weighted by Gasteiger charge is -2.05. The highest BCUT2D eigenvalue weighted by molar-refractivity contribution is 8.12. The van der Waals surface area contributed by atoms with Crippen molar-refractivity contribution in [2.24, 2.45) is 5.73 Å². The molecule has 0 atom stereocenters. The lowest BCUT2D eigenvalue weighted by molar-refractivity contribution is -0.119. The Labute approximate surface area is 128 Å². The van der Waals surface area contributed by atoms with Gasteiger partial charge in [-0.05, 0) is 24.6 Å². The van der Waals surface area contributed by atoms with Crippen molar-refractivity contribution in [3.05, 3.63) is 35.4 Å². The average Bonchev–Trinajstić information content (AvgIpc) is 2.49. The third-order valence-corrected chi connectivity index (χ3v) is 3.73. The Morgan fingerprint density at radius 2 is 1.81 bits per heavy atom. The molecule has 0 aliphatic rings. The Bertz CT molecular complexity index is 500. The number of thioether (sulfide) groups is 1. The van der Waals surface area contributed by atoms with Crippen LogP contribution in [0.4, 0.5) is 0 Å². The number of nitrogens with two attached hydrogens (primary N) is 1. The number of carbonyl (C=O) groups excluding carboxylic acids is 3. The van der Waals surface area contributed by atoms with Crippen LogP contribution in [0.15, 0.2) is 24.3 Å². The zero-order chi connectivity index (χ0) is 15.7. The van der Waals surface area contributed by atoms with Gasteiger partial charge in [-0.2, -0.15) is 0 Å². The molecule has 0 spiro atoms. The van der Waals surface area contributed by atoms with Gasteiger partial charge >= 0.3 is 0 Å². The molecule has 0 aromatic heterocycles. The summed E-state index contributed by atoms with van der Waals surface area (Å²) in [4.78, 5) is 34.0. The summed E-state index contributed by atoms with van der Waals surface area (Å²) < 4.78 is 0.